The van der Waals surface area contributed by atoms with Crippen LogP contribution in [0.15, 0.2) is 118 Å². The minimum Gasteiger partial charge on any atom is -0.393 e. The quantitative estimate of drug-likeness (QED) is 0.181. The van der Waals surface area contributed by atoms with E-state index in [-0.39, 0.29) is 11.5 Å². The van der Waals surface area contributed by atoms with E-state index in [2.05, 4.69) is 153 Å². The van der Waals surface area contributed by atoms with Gasteiger partial charge < -0.3 is 5.11 Å². The maximum absolute atomic E-state index is 10.1. The van der Waals surface area contributed by atoms with E-state index < -0.39 is 0 Å². The van der Waals surface area contributed by atoms with Crippen LogP contribution >= 0.6 is 0 Å². The lowest BCUT2D eigenvalue weighted by Gasteiger charge is -2.36. The molecular weight excluding hydrogens is 496 g/mol. The summed E-state index contributed by atoms with van der Waals surface area (Å²) in [6.45, 7) is 21.9. The Morgan fingerprint density at radius 3 is 1.98 bits per heavy atom. The van der Waals surface area contributed by atoms with Crippen LogP contribution in [0.3, 0.4) is 0 Å². The third-order valence-corrected chi connectivity index (χ3v) is 8.17. The van der Waals surface area contributed by atoms with E-state index in [9.17, 15) is 5.11 Å². The molecule has 2 rings (SSSR count). The smallest absolute Gasteiger partial charge is 0.0586 e. The molecule has 0 radical (unpaired) electrons. The van der Waals surface area contributed by atoms with Gasteiger partial charge in [-0.1, -0.05) is 146 Å². The molecular formula is C40H54O. The SMILES string of the molecule is CC(C=CC1C(C)=CCCC1(C)C)=CC=CC(C)=C/C=C/C=C(C)/C=C/C=C(\C)C#CC1=C(C)CC(O)CC1(C)C. The highest BCUT2D eigenvalue weighted by atomic mass is 16.3. The average molecular weight is 551 g/mol. The van der Waals surface area contributed by atoms with Gasteiger partial charge in [-0.05, 0) is 78.2 Å². The van der Waals surface area contributed by atoms with Crippen molar-refractivity contribution in [3.05, 3.63) is 118 Å². The molecule has 2 unspecified atom stereocenters. The third kappa shape index (κ3) is 11.7. The van der Waals surface area contributed by atoms with Gasteiger partial charge in [0.05, 0.1) is 6.10 Å². The van der Waals surface area contributed by atoms with Gasteiger partial charge in [-0.25, -0.2) is 0 Å². The molecule has 0 heterocycles. The first-order chi connectivity index (χ1) is 19.2. The number of hydrogen-bond acceptors (Lipinski definition) is 1. The largest absolute Gasteiger partial charge is 0.393 e. The predicted molar refractivity (Wildman–Crippen MR) is 181 cm³/mol. The molecule has 0 fully saturated rings. The standard InChI is InChI=1S/C40H54O/c1-30(18-13-20-32(3)23-25-37-34(5)22-15-27-39(37,7)8)16-11-12-17-31(2)19-14-21-33(4)24-26-38-35(6)28-36(41)29-40(38,9)10/h11-14,16-23,25,36-37,41H,15,27-29H2,1-10H3/b12-11+,18-13?,19-14+,25-23?,30-16?,31-17+,32-20?,33-21+. The highest BCUT2D eigenvalue weighted by Gasteiger charge is 2.32. The molecule has 41 heavy (non-hydrogen) atoms. The fourth-order valence-electron chi connectivity index (χ4n) is 5.78. The van der Waals surface area contributed by atoms with Crippen LogP contribution in [0.25, 0.3) is 0 Å². The van der Waals surface area contributed by atoms with E-state index in [1.54, 1.807) is 0 Å². The van der Waals surface area contributed by atoms with Gasteiger partial charge in [0.15, 0.2) is 0 Å². The Kier molecular flexibility index (Phi) is 13.1. The summed E-state index contributed by atoms with van der Waals surface area (Å²) in [6, 6.07) is 0. The molecule has 0 aromatic rings. The number of rotatable bonds is 8. The lowest BCUT2D eigenvalue weighted by molar-refractivity contribution is 0.117. The van der Waals surface area contributed by atoms with Crippen LogP contribution in [-0.4, -0.2) is 11.2 Å². The summed E-state index contributed by atoms with van der Waals surface area (Å²) in [6.07, 6.45) is 31.8. The highest BCUT2D eigenvalue weighted by Crippen LogP contribution is 2.42. The highest BCUT2D eigenvalue weighted by molar-refractivity contribution is 5.45. The lowest BCUT2D eigenvalue weighted by Crippen LogP contribution is -2.28. The van der Waals surface area contributed by atoms with E-state index >= 15 is 0 Å². The van der Waals surface area contributed by atoms with Gasteiger partial charge >= 0.3 is 0 Å². The molecule has 0 aromatic heterocycles. The van der Waals surface area contributed by atoms with Crippen LogP contribution in [0, 0.1) is 28.6 Å². The molecule has 0 aromatic carbocycles. The Labute approximate surface area is 252 Å². The predicted octanol–water partition coefficient (Wildman–Crippen LogP) is 10.9. The summed E-state index contributed by atoms with van der Waals surface area (Å²) < 4.78 is 0. The van der Waals surface area contributed by atoms with Crippen LogP contribution in [0.5, 0.6) is 0 Å². The second-order valence-corrected chi connectivity index (χ2v) is 13.3. The van der Waals surface area contributed by atoms with Gasteiger partial charge in [0, 0.05) is 16.9 Å². The zero-order chi connectivity index (χ0) is 30.6. The summed E-state index contributed by atoms with van der Waals surface area (Å²) in [5.41, 5.74) is 8.82. The first kappa shape index (κ1) is 34.1. The fourth-order valence-corrected chi connectivity index (χ4v) is 5.78. The van der Waals surface area contributed by atoms with E-state index in [0.717, 1.165) is 18.4 Å². The van der Waals surface area contributed by atoms with Crippen molar-refractivity contribution in [3.8, 4) is 11.8 Å². The lowest BCUT2D eigenvalue weighted by atomic mass is 9.68. The second-order valence-electron chi connectivity index (χ2n) is 13.3. The molecule has 1 nitrogen and oxygen atoms in total. The molecule has 0 saturated heterocycles. The molecule has 1 heteroatoms. The van der Waals surface area contributed by atoms with Crippen LogP contribution in [0.1, 0.15) is 94.9 Å². The fraction of sp³-hybridized carbons (Fsp3) is 0.450. The first-order valence-corrected chi connectivity index (χ1v) is 15.2. The maximum atomic E-state index is 10.1. The monoisotopic (exact) mass is 550 g/mol. The normalized spacial score (nSPS) is 24.5. The van der Waals surface area contributed by atoms with Gasteiger partial charge in [-0.2, -0.15) is 0 Å². The van der Waals surface area contributed by atoms with Crippen molar-refractivity contribution in [2.45, 2.75) is 101 Å². The molecule has 1 N–H and O–H groups in total. The van der Waals surface area contributed by atoms with Crippen LogP contribution in [-0.2, 0) is 0 Å². The average Bonchev–Trinajstić information content (AvgIpc) is 2.84. The number of hydrogen-bond donors (Lipinski definition) is 1. The zero-order valence-corrected chi connectivity index (χ0v) is 27.4. The molecule has 0 saturated carbocycles. The molecule has 0 aliphatic heterocycles. The van der Waals surface area contributed by atoms with Crippen LogP contribution in [0.4, 0.5) is 0 Å². The minimum absolute atomic E-state index is 0.0742. The van der Waals surface area contributed by atoms with Gasteiger partial charge in [0.25, 0.3) is 0 Å². The van der Waals surface area contributed by atoms with E-state index in [1.165, 1.54) is 46.3 Å². The van der Waals surface area contributed by atoms with Crippen molar-refractivity contribution in [1.29, 1.82) is 0 Å². The molecule has 2 aliphatic rings. The molecule has 0 spiro atoms. The number of aliphatic hydroxyl groups excluding tert-OH is 1. The Balaban J connectivity index is 1.90. The Hall–Kier alpha value is -3.08. The summed E-state index contributed by atoms with van der Waals surface area (Å²) in [4.78, 5) is 0. The topological polar surface area (TPSA) is 20.2 Å². The van der Waals surface area contributed by atoms with Crippen molar-refractivity contribution in [2.75, 3.05) is 0 Å². The second kappa shape index (κ2) is 15.8. The summed E-state index contributed by atoms with van der Waals surface area (Å²) in [5, 5.41) is 10.1. The van der Waals surface area contributed by atoms with Crippen LogP contribution in [0.2, 0.25) is 0 Å². The van der Waals surface area contributed by atoms with Gasteiger partial charge in [0.1, 0.15) is 0 Å². The zero-order valence-electron chi connectivity index (χ0n) is 27.4. The van der Waals surface area contributed by atoms with Gasteiger partial charge in [0.2, 0.25) is 0 Å². The molecule has 2 aliphatic carbocycles. The summed E-state index contributed by atoms with van der Waals surface area (Å²) >= 11 is 0. The Morgan fingerprint density at radius 1 is 0.829 bits per heavy atom. The number of aliphatic hydroxyl groups is 1. The van der Waals surface area contributed by atoms with Gasteiger partial charge in [-0.15, -0.1) is 0 Å². The molecule has 0 bridgehead atoms. The van der Waals surface area contributed by atoms with E-state index in [1.807, 2.05) is 6.92 Å². The summed E-state index contributed by atoms with van der Waals surface area (Å²) in [5.74, 6) is 7.21. The van der Waals surface area contributed by atoms with Crippen molar-refractivity contribution < 1.29 is 5.11 Å². The van der Waals surface area contributed by atoms with Crippen molar-refractivity contribution in [1.82, 2.24) is 0 Å². The summed E-state index contributed by atoms with van der Waals surface area (Å²) in [7, 11) is 0. The van der Waals surface area contributed by atoms with Crippen molar-refractivity contribution in [3.63, 3.8) is 0 Å². The van der Waals surface area contributed by atoms with Crippen molar-refractivity contribution >= 4 is 0 Å². The molecule has 2 atom stereocenters. The minimum atomic E-state index is -0.254. The Morgan fingerprint density at radius 2 is 1.39 bits per heavy atom. The first-order valence-electron chi connectivity index (χ1n) is 15.2. The van der Waals surface area contributed by atoms with Gasteiger partial charge in [-0.3, -0.25) is 0 Å². The van der Waals surface area contributed by atoms with E-state index in [0.29, 0.717) is 11.3 Å². The number of allylic oxidation sites excluding steroid dienone is 19. The van der Waals surface area contributed by atoms with Crippen LogP contribution < -0.4 is 0 Å². The molecule has 220 valence electrons. The van der Waals surface area contributed by atoms with Crippen molar-refractivity contribution in [2.24, 2.45) is 16.7 Å². The maximum Gasteiger partial charge on any atom is 0.0586 e. The van der Waals surface area contributed by atoms with E-state index in [4.69, 9.17) is 0 Å². The molecule has 0 amide bonds. The third-order valence-electron chi connectivity index (χ3n) is 8.17. The Bertz CT molecular complexity index is 1290.